The van der Waals surface area contributed by atoms with Gasteiger partial charge in [-0.05, 0) is 26.7 Å². The Morgan fingerprint density at radius 2 is 2.00 bits per heavy atom. The maximum atomic E-state index is 11.0. The van der Waals surface area contributed by atoms with Crippen LogP contribution in [0.25, 0.3) is 0 Å². The summed E-state index contributed by atoms with van der Waals surface area (Å²) < 4.78 is 4.61. The Morgan fingerprint density at radius 1 is 1.38 bits per heavy atom. The van der Waals surface area contributed by atoms with Crippen molar-refractivity contribution in [3.05, 3.63) is 0 Å². The van der Waals surface area contributed by atoms with Crippen LogP contribution in [0, 0.1) is 0 Å². The number of piperidine rings is 1. The molecule has 0 aromatic rings. The fraction of sp³-hybridized carbons (Fsp3) is 0.857. The Kier molecular flexibility index (Phi) is 10.8. The summed E-state index contributed by atoms with van der Waals surface area (Å²) in [6.07, 6.45) is 2.59. The van der Waals surface area contributed by atoms with Crippen LogP contribution in [0.3, 0.4) is 0 Å². The second kappa shape index (κ2) is 11.1. The number of hydrogen-bond donors (Lipinski definition) is 2. The largest absolute Gasteiger partial charge is 0.469 e. The zero-order chi connectivity index (χ0) is 15.0. The minimum Gasteiger partial charge on any atom is -0.469 e. The van der Waals surface area contributed by atoms with Crippen LogP contribution in [0.4, 0.5) is 0 Å². The van der Waals surface area contributed by atoms with Crippen LogP contribution in [-0.2, 0) is 9.53 Å². The number of rotatable bonds is 5. The molecular weight excluding hydrogens is 383 g/mol. The Morgan fingerprint density at radius 3 is 2.48 bits per heavy atom. The number of aliphatic imine (C=N–C) groups is 1. The molecule has 0 aromatic carbocycles. The SMILES string of the molecule is CN=C(NCCC(=O)OC)NC1CCN(C(C)C)CC1.I. The summed E-state index contributed by atoms with van der Waals surface area (Å²) in [6, 6.07) is 1.07. The van der Waals surface area contributed by atoms with E-state index in [0.717, 1.165) is 31.9 Å². The van der Waals surface area contributed by atoms with Gasteiger partial charge in [0, 0.05) is 38.8 Å². The minimum absolute atomic E-state index is 0. The summed E-state index contributed by atoms with van der Waals surface area (Å²) in [5.74, 6) is 0.551. The Hall–Kier alpha value is -0.570. The summed E-state index contributed by atoms with van der Waals surface area (Å²) in [7, 11) is 3.15. The number of hydrogen-bond acceptors (Lipinski definition) is 4. The summed E-state index contributed by atoms with van der Waals surface area (Å²) in [5.41, 5.74) is 0. The molecule has 2 N–H and O–H groups in total. The van der Waals surface area contributed by atoms with Crippen LogP contribution in [0.2, 0.25) is 0 Å². The number of ether oxygens (including phenoxy) is 1. The third kappa shape index (κ3) is 7.85. The number of methoxy groups -OCH3 is 1. The van der Waals surface area contributed by atoms with Crippen LogP contribution in [0.1, 0.15) is 33.1 Å². The van der Waals surface area contributed by atoms with Crippen LogP contribution >= 0.6 is 24.0 Å². The summed E-state index contributed by atoms with van der Waals surface area (Å²) in [6.45, 7) is 7.25. The Labute approximate surface area is 145 Å². The zero-order valence-corrected chi connectivity index (χ0v) is 15.8. The van der Waals surface area contributed by atoms with Gasteiger partial charge in [-0.1, -0.05) is 0 Å². The van der Waals surface area contributed by atoms with Gasteiger partial charge in [0.25, 0.3) is 0 Å². The third-order valence-corrected chi connectivity index (χ3v) is 3.67. The molecule has 21 heavy (non-hydrogen) atoms. The number of halogens is 1. The molecule has 0 atom stereocenters. The van der Waals surface area contributed by atoms with Crippen molar-refractivity contribution >= 4 is 35.9 Å². The highest BCUT2D eigenvalue weighted by Gasteiger charge is 2.21. The van der Waals surface area contributed by atoms with E-state index in [1.165, 1.54) is 7.11 Å². The standard InChI is InChI=1S/C14H28N4O2.HI/c1-11(2)18-9-6-12(7-10-18)17-14(15-3)16-8-5-13(19)20-4;/h11-12H,5-10H2,1-4H3,(H2,15,16,17);1H. The van der Waals surface area contributed by atoms with E-state index in [9.17, 15) is 4.79 Å². The molecule has 0 bridgehead atoms. The molecule has 1 rings (SSSR count). The highest BCUT2D eigenvalue weighted by atomic mass is 127. The number of nitrogens with one attached hydrogen (secondary N) is 2. The Balaban J connectivity index is 0.00000400. The van der Waals surface area contributed by atoms with Crippen LogP contribution in [-0.4, -0.2) is 62.7 Å². The van der Waals surface area contributed by atoms with E-state index in [2.05, 4.69) is 39.1 Å². The number of nitrogens with zero attached hydrogens (tertiary/aromatic N) is 2. The highest BCUT2D eigenvalue weighted by molar-refractivity contribution is 14.0. The lowest BCUT2D eigenvalue weighted by Crippen LogP contribution is -2.50. The zero-order valence-electron chi connectivity index (χ0n) is 13.5. The predicted molar refractivity (Wildman–Crippen MR) is 96.3 cm³/mol. The van der Waals surface area contributed by atoms with E-state index in [0.29, 0.717) is 25.0 Å². The van der Waals surface area contributed by atoms with E-state index in [4.69, 9.17) is 0 Å². The first-order valence-corrected chi connectivity index (χ1v) is 7.34. The fourth-order valence-corrected chi connectivity index (χ4v) is 2.33. The molecule has 1 saturated heterocycles. The van der Waals surface area contributed by atoms with Gasteiger partial charge in [0.05, 0.1) is 13.5 Å². The smallest absolute Gasteiger partial charge is 0.307 e. The van der Waals surface area contributed by atoms with Crippen LogP contribution in [0.15, 0.2) is 4.99 Å². The molecule has 6 nitrogen and oxygen atoms in total. The molecule has 0 amide bonds. The number of likely N-dealkylation sites (tertiary alicyclic amines) is 1. The molecule has 0 aliphatic carbocycles. The van der Waals surface area contributed by atoms with Crippen molar-refractivity contribution in [3.8, 4) is 0 Å². The topological polar surface area (TPSA) is 66.0 Å². The van der Waals surface area contributed by atoms with Crippen molar-refractivity contribution in [2.24, 2.45) is 4.99 Å². The normalized spacial score (nSPS) is 17.3. The second-order valence-corrected chi connectivity index (χ2v) is 5.37. The van der Waals surface area contributed by atoms with Crippen LogP contribution in [0.5, 0.6) is 0 Å². The number of carbonyl (C=O) groups excluding carboxylic acids is 1. The van der Waals surface area contributed by atoms with E-state index in [-0.39, 0.29) is 29.9 Å². The molecule has 0 unspecified atom stereocenters. The number of esters is 1. The van der Waals surface area contributed by atoms with Crippen LogP contribution < -0.4 is 10.6 Å². The molecular formula is C14H29IN4O2. The lowest BCUT2D eigenvalue weighted by molar-refractivity contribution is -0.140. The van der Waals surface area contributed by atoms with Crippen molar-refractivity contribution in [2.75, 3.05) is 33.8 Å². The molecule has 0 saturated carbocycles. The van der Waals surface area contributed by atoms with Gasteiger partial charge in [0.2, 0.25) is 0 Å². The average molecular weight is 412 g/mol. The molecule has 0 radical (unpaired) electrons. The second-order valence-electron chi connectivity index (χ2n) is 5.37. The highest BCUT2D eigenvalue weighted by Crippen LogP contribution is 2.12. The molecule has 0 spiro atoms. The lowest BCUT2D eigenvalue weighted by Gasteiger charge is -2.35. The van der Waals surface area contributed by atoms with Crippen molar-refractivity contribution in [1.82, 2.24) is 15.5 Å². The first-order valence-electron chi connectivity index (χ1n) is 7.34. The Bertz CT molecular complexity index is 329. The molecule has 7 heteroatoms. The third-order valence-electron chi connectivity index (χ3n) is 3.67. The van der Waals surface area contributed by atoms with E-state index in [1.54, 1.807) is 7.05 Å². The molecule has 1 aliphatic heterocycles. The first-order chi connectivity index (χ1) is 9.56. The van der Waals surface area contributed by atoms with Gasteiger partial charge in [-0.3, -0.25) is 9.79 Å². The molecule has 124 valence electrons. The van der Waals surface area contributed by atoms with Gasteiger partial charge >= 0.3 is 5.97 Å². The van der Waals surface area contributed by atoms with Gasteiger partial charge in [0.1, 0.15) is 0 Å². The quantitative estimate of drug-likeness (QED) is 0.308. The molecule has 0 aromatic heterocycles. The van der Waals surface area contributed by atoms with E-state index >= 15 is 0 Å². The van der Waals surface area contributed by atoms with Crippen molar-refractivity contribution in [1.29, 1.82) is 0 Å². The van der Waals surface area contributed by atoms with Crippen molar-refractivity contribution < 1.29 is 9.53 Å². The summed E-state index contributed by atoms with van der Waals surface area (Å²) >= 11 is 0. The average Bonchev–Trinajstić information content (AvgIpc) is 2.46. The number of carbonyl (C=O) groups is 1. The van der Waals surface area contributed by atoms with E-state index < -0.39 is 0 Å². The van der Waals surface area contributed by atoms with Crippen molar-refractivity contribution in [3.63, 3.8) is 0 Å². The summed E-state index contributed by atoms with van der Waals surface area (Å²) in [4.78, 5) is 17.7. The molecule has 1 heterocycles. The number of guanidine groups is 1. The first kappa shape index (κ1) is 20.4. The van der Waals surface area contributed by atoms with Gasteiger partial charge < -0.3 is 20.3 Å². The maximum absolute atomic E-state index is 11.0. The fourth-order valence-electron chi connectivity index (χ4n) is 2.33. The predicted octanol–water partition coefficient (Wildman–Crippen LogP) is 1.21. The van der Waals surface area contributed by atoms with Crippen molar-refractivity contribution in [2.45, 2.75) is 45.2 Å². The van der Waals surface area contributed by atoms with Gasteiger partial charge in [-0.2, -0.15) is 0 Å². The molecule has 1 fully saturated rings. The monoisotopic (exact) mass is 412 g/mol. The van der Waals surface area contributed by atoms with E-state index in [1.807, 2.05) is 0 Å². The maximum Gasteiger partial charge on any atom is 0.307 e. The lowest BCUT2D eigenvalue weighted by atomic mass is 10.0. The van der Waals surface area contributed by atoms with Gasteiger partial charge in [0.15, 0.2) is 5.96 Å². The van der Waals surface area contributed by atoms with Gasteiger partial charge in [-0.25, -0.2) is 0 Å². The molecule has 1 aliphatic rings. The summed E-state index contributed by atoms with van der Waals surface area (Å²) in [5, 5.41) is 6.56. The minimum atomic E-state index is -0.210. The van der Waals surface area contributed by atoms with Gasteiger partial charge in [-0.15, -0.1) is 24.0 Å².